The zero-order valence-electron chi connectivity index (χ0n) is 7.44. The maximum Gasteiger partial charge on any atom is 0.358 e. The molecule has 15 heavy (non-hydrogen) atoms. The van der Waals surface area contributed by atoms with E-state index in [9.17, 15) is 9.18 Å². The quantitative estimate of drug-likeness (QED) is 0.778. The minimum atomic E-state index is -1.18. The van der Waals surface area contributed by atoms with Crippen LogP contribution in [0.2, 0.25) is 0 Å². The first-order valence-electron chi connectivity index (χ1n) is 4.09. The van der Waals surface area contributed by atoms with Gasteiger partial charge in [0.2, 0.25) is 0 Å². The zero-order chi connectivity index (χ0) is 10.8. The molecule has 0 aliphatic carbocycles. The maximum atomic E-state index is 12.6. The number of carbonyl (C=O) groups is 1. The summed E-state index contributed by atoms with van der Waals surface area (Å²) in [5.74, 6) is -1.56. The number of halogens is 1. The van der Waals surface area contributed by atoms with Crippen LogP contribution in [-0.2, 0) is 0 Å². The van der Waals surface area contributed by atoms with Crippen LogP contribution < -0.4 is 0 Å². The molecule has 76 valence electrons. The first kappa shape index (κ1) is 9.32. The lowest BCUT2D eigenvalue weighted by atomic mass is 10.1. The van der Waals surface area contributed by atoms with E-state index in [-0.39, 0.29) is 17.2 Å². The second-order valence-corrected chi connectivity index (χ2v) is 2.85. The van der Waals surface area contributed by atoms with Crippen LogP contribution in [0.15, 0.2) is 24.3 Å². The summed E-state index contributed by atoms with van der Waals surface area (Å²) in [6.07, 6.45) is 0. The molecule has 1 aromatic heterocycles. The van der Waals surface area contributed by atoms with E-state index in [0.717, 1.165) is 0 Å². The van der Waals surface area contributed by atoms with Gasteiger partial charge in [0.1, 0.15) is 11.5 Å². The zero-order valence-corrected chi connectivity index (χ0v) is 7.44. The highest BCUT2D eigenvalue weighted by Gasteiger charge is 2.15. The topological polar surface area (TPSA) is 78.9 Å². The maximum absolute atomic E-state index is 12.6. The van der Waals surface area contributed by atoms with Crippen molar-refractivity contribution >= 4 is 5.97 Å². The lowest BCUT2D eigenvalue weighted by molar-refractivity contribution is 0.0691. The number of carboxylic acids is 1. The van der Waals surface area contributed by atoms with Crippen molar-refractivity contribution in [1.82, 2.24) is 15.4 Å². The van der Waals surface area contributed by atoms with Gasteiger partial charge in [-0.1, -0.05) is 5.21 Å². The van der Waals surface area contributed by atoms with Crippen molar-refractivity contribution in [2.75, 3.05) is 0 Å². The minimum Gasteiger partial charge on any atom is -0.476 e. The van der Waals surface area contributed by atoms with Crippen molar-refractivity contribution in [3.8, 4) is 11.3 Å². The van der Waals surface area contributed by atoms with Crippen LogP contribution in [-0.4, -0.2) is 26.5 Å². The number of rotatable bonds is 2. The molecule has 5 nitrogen and oxygen atoms in total. The highest BCUT2D eigenvalue weighted by molar-refractivity contribution is 5.92. The van der Waals surface area contributed by atoms with E-state index < -0.39 is 5.97 Å². The number of nitrogens with zero attached hydrogens (tertiary/aromatic N) is 2. The number of nitrogens with one attached hydrogen (secondary N) is 1. The summed E-state index contributed by atoms with van der Waals surface area (Å²) in [7, 11) is 0. The van der Waals surface area contributed by atoms with Crippen molar-refractivity contribution < 1.29 is 14.3 Å². The molecule has 2 aromatic rings. The largest absolute Gasteiger partial charge is 0.476 e. The molecule has 2 rings (SSSR count). The van der Waals surface area contributed by atoms with E-state index in [2.05, 4.69) is 15.4 Å². The minimum absolute atomic E-state index is 0.179. The number of benzene rings is 1. The third-order valence-corrected chi connectivity index (χ3v) is 1.88. The summed E-state index contributed by atoms with van der Waals surface area (Å²) in [6, 6.07) is 5.39. The second-order valence-electron chi connectivity index (χ2n) is 2.85. The molecule has 0 spiro atoms. The molecule has 6 heteroatoms. The van der Waals surface area contributed by atoms with Crippen molar-refractivity contribution in [2.24, 2.45) is 0 Å². The monoisotopic (exact) mass is 207 g/mol. The van der Waals surface area contributed by atoms with Gasteiger partial charge in [-0.2, -0.15) is 0 Å². The van der Waals surface area contributed by atoms with E-state index in [1.54, 1.807) is 0 Å². The Morgan fingerprint density at radius 1 is 1.33 bits per heavy atom. The van der Waals surface area contributed by atoms with Gasteiger partial charge in [-0.05, 0) is 24.3 Å². The van der Waals surface area contributed by atoms with Crippen molar-refractivity contribution in [3.05, 3.63) is 35.8 Å². The van der Waals surface area contributed by atoms with Crippen LogP contribution in [0.1, 0.15) is 10.5 Å². The van der Waals surface area contributed by atoms with E-state index in [1.165, 1.54) is 24.3 Å². The Hall–Kier alpha value is -2.24. The molecular weight excluding hydrogens is 201 g/mol. The van der Waals surface area contributed by atoms with Crippen molar-refractivity contribution in [1.29, 1.82) is 0 Å². The summed E-state index contributed by atoms with van der Waals surface area (Å²) < 4.78 is 12.6. The Labute approximate surface area is 83.6 Å². The SMILES string of the molecule is O=C(O)c1nn[nH]c1-c1ccc(F)cc1. The van der Waals surface area contributed by atoms with Crippen LogP contribution in [0.5, 0.6) is 0 Å². The number of hydrogen-bond acceptors (Lipinski definition) is 3. The number of aromatic carboxylic acids is 1. The van der Waals surface area contributed by atoms with Gasteiger partial charge in [-0.25, -0.2) is 9.18 Å². The number of aromatic amines is 1. The van der Waals surface area contributed by atoms with E-state index in [4.69, 9.17) is 5.11 Å². The van der Waals surface area contributed by atoms with Crippen LogP contribution in [0.25, 0.3) is 11.3 Å². The molecule has 2 N–H and O–H groups in total. The van der Waals surface area contributed by atoms with Crippen LogP contribution in [0.4, 0.5) is 4.39 Å². The molecular formula is C9H6FN3O2. The third-order valence-electron chi connectivity index (χ3n) is 1.88. The number of aromatic nitrogens is 3. The molecule has 0 atom stereocenters. The number of hydrogen-bond donors (Lipinski definition) is 2. The summed E-state index contributed by atoms with van der Waals surface area (Å²) in [6.45, 7) is 0. The van der Waals surface area contributed by atoms with Gasteiger partial charge in [0.05, 0.1) is 0 Å². The number of carboxylic acid groups (broad SMARTS) is 1. The van der Waals surface area contributed by atoms with Gasteiger partial charge in [0, 0.05) is 5.56 Å². The summed E-state index contributed by atoms with van der Waals surface area (Å²) in [5.41, 5.74) is 0.614. The smallest absolute Gasteiger partial charge is 0.358 e. The van der Waals surface area contributed by atoms with Crippen molar-refractivity contribution in [3.63, 3.8) is 0 Å². The Morgan fingerprint density at radius 2 is 2.00 bits per heavy atom. The predicted molar refractivity (Wildman–Crippen MR) is 48.7 cm³/mol. The average molecular weight is 207 g/mol. The van der Waals surface area contributed by atoms with E-state index in [1.807, 2.05) is 0 Å². The predicted octanol–water partition coefficient (Wildman–Crippen LogP) is 1.31. The fraction of sp³-hybridized carbons (Fsp3) is 0. The Kier molecular flexibility index (Phi) is 2.17. The Morgan fingerprint density at radius 3 is 2.60 bits per heavy atom. The summed E-state index contributed by atoms with van der Waals surface area (Å²) in [5, 5.41) is 18.0. The highest BCUT2D eigenvalue weighted by atomic mass is 19.1. The second kappa shape index (κ2) is 3.49. The normalized spacial score (nSPS) is 10.2. The van der Waals surface area contributed by atoms with Gasteiger partial charge in [0.15, 0.2) is 5.69 Å². The standard InChI is InChI=1S/C9H6FN3O2/c10-6-3-1-5(2-4-6)7-8(9(14)15)12-13-11-7/h1-4H,(H,14,15)(H,11,12,13). The molecule has 0 saturated carbocycles. The Bertz CT molecular complexity index is 492. The fourth-order valence-electron chi connectivity index (χ4n) is 1.20. The van der Waals surface area contributed by atoms with Crippen molar-refractivity contribution in [2.45, 2.75) is 0 Å². The van der Waals surface area contributed by atoms with Gasteiger partial charge < -0.3 is 5.11 Å². The molecule has 0 amide bonds. The molecule has 0 saturated heterocycles. The molecule has 0 fully saturated rings. The molecule has 0 unspecified atom stereocenters. The first-order chi connectivity index (χ1) is 7.18. The molecule has 1 heterocycles. The number of H-pyrrole nitrogens is 1. The highest BCUT2D eigenvalue weighted by Crippen LogP contribution is 2.19. The van der Waals surface area contributed by atoms with Crippen LogP contribution in [0.3, 0.4) is 0 Å². The fourth-order valence-corrected chi connectivity index (χ4v) is 1.20. The van der Waals surface area contributed by atoms with Gasteiger partial charge in [-0.15, -0.1) is 5.10 Å². The van der Waals surface area contributed by atoms with E-state index >= 15 is 0 Å². The molecule has 1 aromatic carbocycles. The van der Waals surface area contributed by atoms with Gasteiger partial charge >= 0.3 is 5.97 Å². The van der Waals surface area contributed by atoms with Crippen LogP contribution in [0, 0.1) is 5.82 Å². The van der Waals surface area contributed by atoms with Gasteiger partial charge in [-0.3, -0.25) is 5.10 Å². The molecule has 0 aliphatic heterocycles. The first-order valence-corrected chi connectivity index (χ1v) is 4.09. The molecule has 0 radical (unpaired) electrons. The Balaban J connectivity index is 2.49. The summed E-state index contributed by atoms with van der Waals surface area (Å²) in [4.78, 5) is 10.7. The summed E-state index contributed by atoms with van der Waals surface area (Å²) >= 11 is 0. The van der Waals surface area contributed by atoms with Gasteiger partial charge in [0.25, 0.3) is 0 Å². The average Bonchev–Trinajstić information content (AvgIpc) is 2.67. The third kappa shape index (κ3) is 1.69. The molecule has 0 bridgehead atoms. The lowest BCUT2D eigenvalue weighted by Crippen LogP contribution is -1.99. The van der Waals surface area contributed by atoms with Crippen LogP contribution >= 0.6 is 0 Å². The lowest BCUT2D eigenvalue weighted by Gasteiger charge is -1.97. The van der Waals surface area contributed by atoms with E-state index in [0.29, 0.717) is 5.56 Å². The molecule has 0 aliphatic rings.